The molecule has 0 spiro atoms. The number of carbonyl (C=O) groups excluding carboxylic acids is 1. The molecule has 1 heterocycles. The van der Waals surface area contributed by atoms with Crippen LogP contribution in [0.25, 0.3) is 11.1 Å². The summed E-state index contributed by atoms with van der Waals surface area (Å²) in [7, 11) is 1.71. The van der Waals surface area contributed by atoms with Gasteiger partial charge in [-0.1, -0.05) is 0 Å². The van der Waals surface area contributed by atoms with Crippen molar-refractivity contribution in [2.24, 2.45) is 7.05 Å². The maximum Gasteiger partial charge on any atom is 0.150 e. The van der Waals surface area contributed by atoms with E-state index < -0.39 is 0 Å². The third-order valence-corrected chi connectivity index (χ3v) is 2.44. The summed E-state index contributed by atoms with van der Waals surface area (Å²) in [5.74, 6) is 0.539. The van der Waals surface area contributed by atoms with Crippen molar-refractivity contribution in [3.8, 4) is 16.9 Å². The van der Waals surface area contributed by atoms with Gasteiger partial charge in [-0.05, 0) is 18.2 Å². The van der Waals surface area contributed by atoms with Crippen LogP contribution in [-0.4, -0.2) is 21.2 Å². The van der Waals surface area contributed by atoms with E-state index in [4.69, 9.17) is 5.73 Å². The first-order chi connectivity index (χ1) is 7.63. The second-order valence-corrected chi connectivity index (χ2v) is 3.46. The number of aromatic nitrogens is 2. The second-order valence-electron chi connectivity index (χ2n) is 3.46. The van der Waals surface area contributed by atoms with Crippen LogP contribution in [0.1, 0.15) is 10.4 Å². The number of nitrogens with zero attached hydrogens (tertiary/aromatic N) is 2. The molecule has 0 amide bonds. The van der Waals surface area contributed by atoms with Gasteiger partial charge in [0.05, 0.1) is 6.20 Å². The second kappa shape index (κ2) is 3.69. The Kier molecular flexibility index (Phi) is 2.36. The van der Waals surface area contributed by atoms with Crippen LogP contribution in [0, 0.1) is 0 Å². The van der Waals surface area contributed by atoms with Crippen LogP contribution in [0.3, 0.4) is 0 Å². The zero-order valence-electron chi connectivity index (χ0n) is 8.71. The molecule has 0 aliphatic carbocycles. The molecule has 5 heteroatoms. The number of rotatable bonds is 2. The lowest BCUT2D eigenvalue weighted by Gasteiger charge is -2.04. The number of aldehydes is 1. The van der Waals surface area contributed by atoms with Crippen LogP contribution in [0.15, 0.2) is 24.4 Å². The molecule has 2 aromatic rings. The van der Waals surface area contributed by atoms with Crippen molar-refractivity contribution in [1.82, 2.24) is 9.78 Å². The van der Waals surface area contributed by atoms with E-state index in [1.165, 1.54) is 16.8 Å². The summed E-state index contributed by atoms with van der Waals surface area (Å²) in [5.41, 5.74) is 7.50. The molecule has 0 saturated heterocycles. The average Bonchev–Trinajstić information content (AvgIpc) is 2.60. The standard InChI is InChI=1S/C11H11N3O2/c1-14-11(12)10(5-13-14)9-4-8(16)3-2-7(9)6-15/h2-6,16H,12H2,1H3. The lowest BCUT2D eigenvalue weighted by Crippen LogP contribution is -1.98. The SMILES string of the molecule is Cn1ncc(-c2cc(O)ccc2C=O)c1N. The summed E-state index contributed by atoms with van der Waals surface area (Å²) in [6.45, 7) is 0. The predicted octanol–water partition coefficient (Wildman–Crippen LogP) is 1.19. The minimum atomic E-state index is 0.0869. The smallest absolute Gasteiger partial charge is 0.150 e. The normalized spacial score (nSPS) is 10.3. The summed E-state index contributed by atoms with van der Waals surface area (Å²) in [6, 6.07) is 4.50. The van der Waals surface area contributed by atoms with Gasteiger partial charge in [0.15, 0.2) is 6.29 Å². The van der Waals surface area contributed by atoms with Gasteiger partial charge in [0.1, 0.15) is 11.6 Å². The van der Waals surface area contributed by atoms with Crippen LogP contribution in [0.4, 0.5) is 5.82 Å². The highest BCUT2D eigenvalue weighted by Gasteiger charge is 2.12. The lowest BCUT2D eigenvalue weighted by atomic mass is 10.0. The van der Waals surface area contributed by atoms with Gasteiger partial charge in [0.25, 0.3) is 0 Å². The number of carbonyl (C=O) groups is 1. The van der Waals surface area contributed by atoms with Crippen molar-refractivity contribution >= 4 is 12.1 Å². The molecule has 0 aliphatic heterocycles. The quantitative estimate of drug-likeness (QED) is 0.740. The number of anilines is 1. The number of hydrogen-bond acceptors (Lipinski definition) is 4. The summed E-state index contributed by atoms with van der Waals surface area (Å²) >= 11 is 0. The fraction of sp³-hybridized carbons (Fsp3) is 0.0909. The Balaban J connectivity index is 2.67. The minimum Gasteiger partial charge on any atom is -0.508 e. The van der Waals surface area contributed by atoms with Gasteiger partial charge < -0.3 is 10.8 Å². The van der Waals surface area contributed by atoms with Crippen LogP contribution in [0.5, 0.6) is 5.75 Å². The van der Waals surface area contributed by atoms with Crippen molar-refractivity contribution in [2.45, 2.75) is 0 Å². The Bertz CT molecular complexity index is 546. The monoisotopic (exact) mass is 217 g/mol. The molecule has 0 aliphatic rings. The average molecular weight is 217 g/mol. The molecule has 1 aromatic heterocycles. The van der Waals surface area contributed by atoms with Crippen molar-refractivity contribution in [3.63, 3.8) is 0 Å². The first-order valence-electron chi connectivity index (χ1n) is 4.69. The Morgan fingerprint density at radius 3 is 2.75 bits per heavy atom. The predicted molar refractivity (Wildman–Crippen MR) is 60.1 cm³/mol. The molecule has 0 saturated carbocycles. The third-order valence-electron chi connectivity index (χ3n) is 2.44. The number of phenolic OH excluding ortho intramolecular Hbond substituents is 1. The fourth-order valence-electron chi connectivity index (χ4n) is 1.53. The Morgan fingerprint density at radius 2 is 2.19 bits per heavy atom. The van der Waals surface area contributed by atoms with Gasteiger partial charge in [-0.25, -0.2) is 0 Å². The van der Waals surface area contributed by atoms with E-state index in [0.29, 0.717) is 22.5 Å². The highest BCUT2D eigenvalue weighted by Crippen LogP contribution is 2.30. The van der Waals surface area contributed by atoms with Crippen LogP contribution in [-0.2, 0) is 7.05 Å². The molecule has 16 heavy (non-hydrogen) atoms. The summed E-state index contributed by atoms with van der Waals surface area (Å²) < 4.78 is 1.51. The van der Waals surface area contributed by atoms with E-state index in [-0.39, 0.29) is 5.75 Å². The highest BCUT2D eigenvalue weighted by molar-refractivity contribution is 5.90. The van der Waals surface area contributed by atoms with E-state index in [2.05, 4.69) is 5.10 Å². The van der Waals surface area contributed by atoms with Gasteiger partial charge in [-0.15, -0.1) is 0 Å². The molecular formula is C11H11N3O2. The van der Waals surface area contributed by atoms with Crippen molar-refractivity contribution < 1.29 is 9.90 Å². The van der Waals surface area contributed by atoms with Gasteiger partial charge in [-0.2, -0.15) is 5.10 Å². The van der Waals surface area contributed by atoms with E-state index >= 15 is 0 Å². The topological polar surface area (TPSA) is 81.1 Å². The molecule has 0 unspecified atom stereocenters. The largest absolute Gasteiger partial charge is 0.508 e. The molecule has 0 bridgehead atoms. The number of benzene rings is 1. The van der Waals surface area contributed by atoms with Gasteiger partial charge in [0, 0.05) is 23.7 Å². The van der Waals surface area contributed by atoms with Crippen molar-refractivity contribution in [2.75, 3.05) is 5.73 Å². The lowest BCUT2D eigenvalue weighted by molar-refractivity contribution is 0.112. The summed E-state index contributed by atoms with van der Waals surface area (Å²) in [6.07, 6.45) is 2.29. The molecule has 2 rings (SSSR count). The fourth-order valence-corrected chi connectivity index (χ4v) is 1.53. The third kappa shape index (κ3) is 1.52. The first-order valence-corrected chi connectivity index (χ1v) is 4.69. The van der Waals surface area contributed by atoms with Gasteiger partial charge in [0.2, 0.25) is 0 Å². The maximum atomic E-state index is 10.9. The number of nitrogen functional groups attached to an aromatic ring is 1. The Hall–Kier alpha value is -2.30. The molecule has 0 radical (unpaired) electrons. The summed E-state index contributed by atoms with van der Waals surface area (Å²) in [5, 5.41) is 13.4. The number of aromatic hydroxyl groups is 1. The zero-order valence-corrected chi connectivity index (χ0v) is 8.71. The highest BCUT2D eigenvalue weighted by atomic mass is 16.3. The van der Waals surface area contributed by atoms with E-state index in [1.54, 1.807) is 19.3 Å². The van der Waals surface area contributed by atoms with Crippen LogP contribution < -0.4 is 5.73 Å². The minimum absolute atomic E-state index is 0.0869. The molecule has 1 aromatic carbocycles. The molecular weight excluding hydrogens is 206 g/mol. The Morgan fingerprint density at radius 1 is 1.44 bits per heavy atom. The van der Waals surface area contributed by atoms with Crippen molar-refractivity contribution in [1.29, 1.82) is 0 Å². The maximum absolute atomic E-state index is 10.9. The molecule has 0 atom stereocenters. The number of nitrogens with two attached hydrogens (primary N) is 1. The first kappa shape index (κ1) is 10.2. The van der Waals surface area contributed by atoms with E-state index in [0.717, 1.165) is 6.29 Å². The van der Waals surface area contributed by atoms with Crippen molar-refractivity contribution in [3.05, 3.63) is 30.0 Å². The van der Waals surface area contributed by atoms with Gasteiger partial charge in [-0.3, -0.25) is 9.48 Å². The number of hydrogen-bond donors (Lipinski definition) is 2. The molecule has 5 nitrogen and oxygen atoms in total. The van der Waals surface area contributed by atoms with Crippen LogP contribution >= 0.6 is 0 Å². The number of phenols is 1. The molecule has 3 N–H and O–H groups in total. The van der Waals surface area contributed by atoms with E-state index in [1.807, 2.05) is 0 Å². The molecule has 0 fully saturated rings. The molecule has 82 valence electrons. The Labute approximate surface area is 92.1 Å². The van der Waals surface area contributed by atoms with E-state index in [9.17, 15) is 9.90 Å². The number of aryl methyl sites for hydroxylation is 1. The zero-order chi connectivity index (χ0) is 11.7. The van der Waals surface area contributed by atoms with Crippen LogP contribution in [0.2, 0.25) is 0 Å². The summed E-state index contributed by atoms with van der Waals surface area (Å²) in [4.78, 5) is 10.9. The van der Waals surface area contributed by atoms with Gasteiger partial charge >= 0.3 is 0 Å².